The highest BCUT2D eigenvalue weighted by atomic mass is 32.2. The average Bonchev–Trinajstić information content (AvgIpc) is 2.45. The summed E-state index contributed by atoms with van der Waals surface area (Å²) in [6, 6.07) is 3.14. The topological polar surface area (TPSA) is 49.3 Å². The molecule has 1 aliphatic heterocycles. The number of thioether (sulfide) groups is 2. The summed E-state index contributed by atoms with van der Waals surface area (Å²) in [5, 5.41) is 12.3. The van der Waals surface area contributed by atoms with Gasteiger partial charge in [0.1, 0.15) is 0 Å². The molecular formula is C13H14F3NO2S2. The molecule has 1 unspecified atom stereocenters. The number of carbonyl (C=O) groups is 1. The normalized spacial score (nSPS) is 19.3. The smallest absolute Gasteiger partial charge is 0.417 e. The molecule has 1 atom stereocenters. The van der Waals surface area contributed by atoms with Crippen molar-refractivity contribution in [2.24, 2.45) is 0 Å². The molecule has 1 fully saturated rings. The maximum atomic E-state index is 12.7. The zero-order valence-corrected chi connectivity index (χ0v) is 12.6. The molecular weight excluding hydrogens is 323 g/mol. The van der Waals surface area contributed by atoms with E-state index in [2.05, 4.69) is 5.32 Å². The van der Waals surface area contributed by atoms with Crippen molar-refractivity contribution in [2.45, 2.75) is 11.4 Å². The van der Waals surface area contributed by atoms with Gasteiger partial charge in [-0.3, -0.25) is 0 Å². The van der Waals surface area contributed by atoms with Gasteiger partial charge in [-0.2, -0.15) is 36.7 Å². The van der Waals surface area contributed by atoms with Crippen LogP contribution in [0.4, 0.5) is 18.9 Å². The van der Waals surface area contributed by atoms with Crippen molar-refractivity contribution >= 4 is 35.2 Å². The number of benzene rings is 1. The predicted molar refractivity (Wildman–Crippen MR) is 80.5 cm³/mol. The number of rotatable bonds is 4. The van der Waals surface area contributed by atoms with Gasteiger partial charge in [0, 0.05) is 34.7 Å². The van der Waals surface area contributed by atoms with Crippen LogP contribution >= 0.6 is 23.5 Å². The molecule has 1 aromatic rings. The van der Waals surface area contributed by atoms with E-state index in [1.54, 1.807) is 0 Å². The number of halogens is 3. The fraction of sp³-hybridized carbons (Fsp3) is 0.462. The minimum atomic E-state index is -4.66. The first kappa shape index (κ1) is 16.4. The van der Waals surface area contributed by atoms with Crippen LogP contribution in [0.2, 0.25) is 0 Å². The van der Waals surface area contributed by atoms with Gasteiger partial charge in [-0.25, -0.2) is 4.79 Å². The molecule has 1 aliphatic rings. The van der Waals surface area contributed by atoms with Crippen LogP contribution in [0.15, 0.2) is 18.2 Å². The van der Waals surface area contributed by atoms with Gasteiger partial charge in [-0.1, -0.05) is 0 Å². The van der Waals surface area contributed by atoms with E-state index in [0.717, 1.165) is 29.4 Å². The van der Waals surface area contributed by atoms with Crippen LogP contribution in [0.3, 0.4) is 0 Å². The molecule has 2 N–H and O–H groups in total. The highest BCUT2D eigenvalue weighted by molar-refractivity contribution is 8.06. The maximum absolute atomic E-state index is 12.7. The van der Waals surface area contributed by atoms with Crippen molar-refractivity contribution in [1.82, 2.24) is 0 Å². The zero-order valence-electron chi connectivity index (χ0n) is 10.9. The highest BCUT2D eigenvalue weighted by Gasteiger charge is 2.35. The Morgan fingerprint density at radius 1 is 1.38 bits per heavy atom. The lowest BCUT2D eigenvalue weighted by Crippen LogP contribution is -2.23. The molecule has 1 aromatic carbocycles. The first-order valence-electron chi connectivity index (χ1n) is 6.25. The average molecular weight is 337 g/mol. The molecule has 0 aromatic heterocycles. The van der Waals surface area contributed by atoms with Gasteiger partial charge in [0.2, 0.25) is 0 Å². The molecule has 0 bridgehead atoms. The standard InChI is InChI=1S/C13H14F3NO2S2/c14-13(15,16)11-2-1-8(5-10(11)12(18)19)17-6-9-7-20-3-4-21-9/h1-2,5,9,17H,3-4,6-7H2,(H,18,19). The number of carboxylic acid groups (broad SMARTS) is 1. The molecule has 1 saturated heterocycles. The number of anilines is 1. The number of alkyl halides is 3. The van der Waals surface area contributed by atoms with E-state index in [4.69, 9.17) is 5.11 Å². The zero-order chi connectivity index (χ0) is 15.5. The number of hydrogen-bond acceptors (Lipinski definition) is 4. The second-order valence-electron chi connectivity index (χ2n) is 4.51. The molecule has 3 nitrogen and oxygen atoms in total. The number of nitrogens with one attached hydrogen (secondary N) is 1. The van der Waals surface area contributed by atoms with Gasteiger partial charge in [-0.05, 0) is 18.2 Å². The lowest BCUT2D eigenvalue weighted by molar-refractivity contribution is -0.138. The van der Waals surface area contributed by atoms with Crippen LogP contribution in [-0.4, -0.2) is 40.1 Å². The Bertz CT molecular complexity index is 517. The number of aromatic carboxylic acids is 1. The highest BCUT2D eigenvalue weighted by Crippen LogP contribution is 2.33. The molecule has 2 rings (SSSR count). The first-order chi connectivity index (χ1) is 9.88. The monoisotopic (exact) mass is 337 g/mol. The van der Waals surface area contributed by atoms with Gasteiger partial charge in [0.05, 0.1) is 11.1 Å². The molecule has 1 heterocycles. The van der Waals surface area contributed by atoms with Crippen LogP contribution < -0.4 is 5.32 Å². The Labute approximate surface area is 128 Å². The van der Waals surface area contributed by atoms with Gasteiger partial charge >= 0.3 is 12.1 Å². The van der Waals surface area contributed by atoms with Gasteiger partial charge in [0.15, 0.2) is 0 Å². The Morgan fingerprint density at radius 2 is 2.14 bits per heavy atom. The summed E-state index contributed by atoms with van der Waals surface area (Å²) in [4.78, 5) is 11.0. The SMILES string of the molecule is O=C(O)c1cc(NCC2CSCCS2)ccc1C(F)(F)F. The maximum Gasteiger partial charge on any atom is 0.417 e. The van der Waals surface area contributed by atoms with Crippen LogP contribution in [0, 0.1) is 0 Å². The van der Waals surface area contributed by atoms with E-state index in [-0.39, 0.29) is 0 Å². The summed E-state index contributed by atoms with van der Waals surface area (Å²) in [6.07, 6.45) is -4.66. The molecule has 21 heavy (non-hydrogen) atoms. The fourth-order valence-electron chi connectivity index (χ4n) is 1.96. The first-order valence-corrected chi connectivity index (χ1v) is 8.46. The lowest BCUT2D eigenvalue weighted by atomic mass is 10.1. The predicted octanol–water partition coefficient (Wildman–Crippen LogP) is 3.66. The van der Waals surface area contributed by atoms with Crippen molar-refractivity contribution in [2.75, 3.05) is 29.1 Å². The van der Waals surface area contributed by atoms with Gasteiger partial charge in [-0.15, -0.1) is 0 Å². The summed E-state index contributed by atoms with van der Waals surface area (Å²) in [5.74, 6) is 1.59. The second-order valence-corrected chi connectivity index (χ2v) is 7.07. The summed E-state index contributed by atoms with van der Waals surface area (Å²) >= 11 is 3.67. The molecule has 0 radical (unpaired) electrons. The molecule has 0 aliphatic carbocycles. The van der Waals surface area contributed by atoms with Gasteiger partial charge in [0.25, 0.3) is 0 Å². The van der Waals surface area contributed by atoms with Crippen LogP contribution in [0.1, 0.15) is 15.9 Å². The third-order valence-corrected chi connectivity index (χ3v) is 5.82. The lowest BCUT2D eigenvalue weighted by Gasteiger charge is -2.22. The van der Waals surface area contributed by atoms with Crippen molar-refractivity contribution in [1.29, 1.82) is 0 Å². The Morgan fingerprint density at radius 3 is 2.71 bits per heavy atom. The second kappa shape index (κ2) is 6.83. The van der Waals surface area contributed by atoms with Crippen molar-refractivity contribution in [3.63, 3.8) is 0 Å². The quantitative estimate of drug-likeness (QED) is 0.878. The fourth-order valence-corrected chi connectivity index (χ4v) is 4.58. The van der Waals surface area contributed by atoms with Gasteiger partial charge < -0.3 is 10.4 Å². The molecule has 0 spiro atoms. The van der Waals surface area contributed by atoms with Crippen molar-refractivity contribution in [3.05, 3.63) is 29.3 Å². The Kier molecular flexibility index (Phi) is 5.32. The van der Waals surface area contributed by atoms with E-state index >= 15 is 0 Å². The van der Waals surface area contributed by atoms with Crippen LogP contribution in [-0.2, 0) is 6.18 Å². The third-order valence-electron chi connectivity index (χ3n) is 2.97. The number of hydrogen-bond donors (Lipinski definition) is 2. The van der Waals surface area contributed by atoms with Crippen molar-refractivity contribution < 1.29 is 23.1 Å². The van der Waals surface area contributed by atoms with E-state index in [0.29, 0.717) is 17.5 Å². The van der Waals surface area contributed by atoms with E-state index in [1.165, 1.54) is 6.07 Å². The molecule has 0 amide bonds. The van der Waals surface area contributed by atoms with Crippen molar-refractivity contribution in [3.8, 4) is 0 Å². The molecule has 0 saturated carbocycles. The van der Waals surface area contributed by atoms with E-state index in [9.17, 15) is 18.0 Å². The third kappa shape index (κ3) is 4.47. The summed E-state index contributed by atoms with van der Waals surface area (Å²) in [6.45, 7) is 0.613. The van der Waals surface area contributed by atoms with Crippen LogP contribution in [0.5, 0.6) is 0 Å². The minimum Gasteiger partial charge on any atom is -0.478 e. The number of carboxylic acids is 1. The summed E-state index contributed by atoms with van der Waals surface area (Å²) in [5.41, 5.74) is -1.45. The molecule has 116 valence electrons. The summed E-state index contributed by atoms with van der Waals surface area (Å²) < 4.78 is 38.2. The van der Waals surface area contributed by atoms with E-state index < -0.39 is 23.3 Å². The van der Waals surface area contributed by atoms with E-state index in [1.807, 2.05) is 23.5 Å². The molecule has 8 heteroatoms. The van der Waals surface area contributed by atoms with Crippen LogP contribution in [0.25, 0.3) is 0 Å². The Hall–Kier alpha value is -1.02. The largest absolute Gasteiger partial charge is 0.478 e. The minimum absolute atomic E-state index is 0.388. The summed E-state index contributed by atoms with van der Waals surface area (Å²) in [7, 11) is 0. The Balaban J connectivity index is 2.10.